The maximum atomic E-state index is 13.4. The number of aromatic nitrogens is 1. The molecule has 0 saturated heterocycles. The van der Waals surface area contributed by atoms with E-state index in [1.807, 2.05) is 0 Å². The standard InChI is InChI=1S/C9H11FN2O3/c1-5(4-13)12-8-7(10)6(9(14)15)2-3-11-8/h2-3,5,13H,4H2,1H3,(H,11,12)(H,14,15). The summed E-state index contributed by atoms with van der Waals surface area (Å²) >= 11 is 0. The molecular weight excluding hydrogens is 203 g/mol. The van der Waals surface area contributed by atoms with Gasteiger partial charge in [-0.2, -0.15) is 0 Å². The molecular formula is C9H11FN2O3. The summed E-state index contributed by atoms with van der Waals surface area (Å²) in [6.45, 7) is 1.42. The largest absolute Gasteiger partial charge is 0.478 e. The molecule has 6 heteroatoms. The van der Waals surface area contributed by atoms with Gasteiger partial charge in [0, 0.05) is 12.2 Å². The lowest BCUT2D eigenvalue weighted by Crippen LogP contribution is -2.21. The van der Waals surface area contributed by atoms with E-state index in [2.05, 4.69) is 10.3 Å². The lowest BCUT2D eigenvalue weighted by Gasteiger charge is -2.12. The molecule has 82 valence electrons. The molecule has 0 aliphatic heterocycles. The van der Waals surface area contributed by atoms with Crippen molar-refractivity contribution in [2.24, 2.45) is 0 Å². The first-order valence-corrected chi connectivity index (χ1v) is 4.31. The van der Waals surface area contributed by atoms with Crippen molar-refractivity contribution in [3.8, 4) is 0 Å². The monoisotopic (exact) mass is 214 g/mol. The number of rotatable bonds is 4. The number of hydrogen-bond acceptors (Lipinski definition) is 4. The number of anilines is 1. The Morgan fingerprint density at radius 1 is 1.73 bits per heavy atom. The molecule has 0 bridgehead atoms. The van der Waals surface area contributed by atoms with Crippen LogP contribution in [-0.2, 0) is 0 Å². The molecule has 0 spiro atoms. The molecule has 1 unspecified atom stereocenters. The second kappa shape index (κ2) is 4.70. The molecule has 0 radical (unpaired) electrons. The Morgan fingerprint density at radius 3 is 2.93 bits per heavy atom. The summed E-state index contributed by atoms with van der Waals surface area (Å²) in [5.74, 6) is -2.45. The van der Waals surface area contributed by atoms with E-state index >= 15 is 0 Å². The molecule has 0 aliphatic rings. The highest BCUT2D eigenvalue weighted by Crippen LogP contribution is 2.15. The van der Waals surface area contributed by atoms with E-state index in [4.69, 9.17) is 10.2 Å². The zero-order valence-electron chi connectivity index (χ0n) is 8.07. The van der Waals surface area contributed by atoms with Crippen LogP contribution in [0.4, 0.5) is 10.2 Å². The van der Waals surface area contributed by atoms with Crippen molar-refractivity contribution in [2.75, 3.05) is 11.9 Å². The minimum atomic E-state index is -1.35. The van der Waals surface area contributed by atoms with Crippen LogP contribution in [0.5, 0.6) is 0 Å². The number of halogens is 1. The van der Waals surface area contributed by atoms with Crippen LogP contribution in [0.3, 0.4) is 0 Å². The van der Waals surface area contributed by atoms with Gasteiger partial charge in [0.25, 0.3) is 0 Å². The molecule has 0 fully saturated rings. The Balaban J connectivity index is 2.99. The highest BCUT2D eigenvalue weighted by Gasteiger charge is 2.15. The quantitative estimate of drug-likeness (QED) is 0.687. The highest BCUT2D eigenvalue weighted by molar-refractivity contribution is 5.88. The normalized spacial score (nSPS) is 12.2. The minimum absolute atomic E-state index is 0.170. The Labute approximate surface area is 85.6 Å². The summed E-state index contributed by atoms with van der Waals surface area (Å²) in [5, 5.41) is 19.9. The average Bonchev–Trinajstić information content (AvgIpc) is 2.20. The summed E-state index contributed by atoms with van der Waals surface area (Å²) in [4.78, 5) is 14.2. The van der Waals surface area contributed by atoms with Gasteiger partial charge in [0.05, 0.1) is 6.61 Å². The van der Waals surface area contributed by atoms with Crippen LogP contribution < -0.4 is 5.32 Å². The summed E-state index contributed by atoms with van der Waals surface area (Å²) < 4.78 is 13.4. The number of carbonyl (C=O) groups is 1. The Bertz CT molecular complexity index is 370. The number of carboxylic acid groups (broad SMARTS) is 1. The average molecular weight is 214 g/mol. The van der Waals surface area contributed by atoms with Crippen LogP contribution in [0.15, 0.2) is 12.3 Å². The van der Waals surface area contributed by atoms with Crippen molar-refractivity contribution >= 4 is 11.8 Å². The molecule has 1 rings (SSSR count). The number of aromatic carboxylic acids is 1. The highest BCUT2D eigenvalue weighted by atomic mass is 19.1. The number of aliphatic hydroxyl groups is 1. The van der Waals surface area contributed by atoms with Crippen LogP contribution in [0.2, 0.25) is 0 Å². The summed E-state index contributed by atoms with van der Waals surface area (Å²) in [7, 11) is 0. The first kappa shape index (κ1) is 11.4. The third kappa shape index (κ3) is 2.63. The lowest BCUT2D eigenvalue weighted by atomic mass is 10.2. The van der Waals surface area contributed by atoms with Crippen LogP contribution in [0.25, 0.3) is 0 Å². The van der Waals surface area contributed by atoms with Crippen molar-refractivity contribution < 1.29 is 19.4 Å². The van der Waals surface area contributed by atoms with Gasteiger partial charge in [0.15, 0.2) is 11.6 Å². The zero-order valence-corrected chi connectivity index (χ0v) is 8.07. The first-order chi connectivity index (χ1) is 7.06. The van der Waals surface area contributed by atoms with Crippen LogP contribution in [0.1, 0.15) is 17.3 Å². The molecule has 1 aromatic rings. The molecule has 1 aromatic heterocycles. The number of pyridine rings is 1. The maximum Gasteiger partial charge on any atom is 0.338 e. The fourth-order valence-electron chi connectivity index (χ4n) is 0.989. The second-order valence-corrected chi connectivity index (χ2v) is 3.05. The van der Waals surface area contributed by atoms with Gasteiger partial charge < -0.3 is 15.5 Å². The first-order valence-electron chi connectivity index (χ1n) is 4.31. The van der Waals surface area contributed by atoms with Gasteiger partial charge in [-0.25, -0.2) is 14.2 Å². The third-order valence-electron chi connectivity index (χ3n) is 1.78. The van der Waals surface area contributed by atoms with Crippen molar-refractivity contribution in [3.05, 3.63) is 23.6 Å². The lowest BCUT2D eigenvalue weighted by molar-refractivity contribution is 0.0692. The number of nitrogens with zero attached hydrogens (tertiary/aromatic N) is 1. The number of hydrogen-bond donors (Lipinski definition) is 3. The van der Waals surface area contributed by atoms with Crippen LogP contribution >= 0.6 is 0 Å². The zero-order chi connectivity index (χ0) is 11.4. The predicted octanol–water partition coefficient (Wildman–Crippen LogP) is 0.712. The SMILES string of the molecule is CC(CO)Nc1nccc(C(=O)O)c1F. The Kier molecular flexibility index (Phi) is 3.56. The van der Waals surface area contributed by atoms with Crippen molar-refractivity contribution in [1.29, 1.82) is 0 Å². The van der Waals surface area contributed by atoms with E-state index in [1.54, 1.807) is 6.92 Å². The summed E-state index contributed by atoms with van der Waals surface area (Å²) in [6.07, 6.45) is 1.19. The second-order valence-electron chi connectivity index (χ2n) is 3.05. The van der Waals surface area contributed by atoms with Gasteiger partial charge in [0.2, 0.25) is 0 Å². The van der Waals surface area contributed by atoms with Gasteiger partial charge in [0.1, 0.15) is 5.56 Å². The van der Waals surface area contributed by atoms with Gasteiger partial charge in [-0.1, -0.05) is 0 Å². The number of aliphatic hydroxyl groups excluding tert-OH is 1. The molecule has 3 N–H and O–H groups in total. The summed E-state index contributed by atoms with van der Waals surface area (Å²) in [6, 6.07) is 0.683. The smallest absolute Gasteiger partial charge is 0.338 e. The fraction of sp³-hybridized carbons (Fsp3) is 0.333. The van der Waals surface area contributed by atoms with Crippen molar-refractivity contribution in [3.63, 3.8) is 0 Å². The van der Waals surface area contributed by atoms with E-state index in [-0.39, 0.29) is 12.4 Å². The molecule has 15 heavy (non-hydrogen) atoms. The Hall–Kier alpha value is -1.69. The molecule has 0 aromatic carbocycles. The molecule has 0 saturated carbocycles. The number of nitrogens with one attached hydrogen (secondary N) is 1. The van der Waals surface area contributed by atoms with E-state index in [0.29, 0.717) is 0 Å². The topological polar surface area (TPSA) is 82.5 Å². The van der Waals surface area contributed by atoms with Crippen molar-refractivity contribution in [1.82, 2.24) is 4.98 Å². The van der Waals surface area contributed by atoms with E-state index in [0.717, 1.165) is 6.07 Å². The van der Waals surface area contributed by atoms with Crippen molar-refractivity contribution in [2.45, 2.75) is 13.0 Å². The molecule has 0 aliphatic carbocycles. The van der Waals surface area contributed by atoms with E-state index in [9.17, 15) is 9.18 Å². The maximum absolute atomic E-state index is 13.4. The number of carboxylic acids is 1. The molecule has 5 nitrogen and oxygen atoms in total. The fourth-order valence-corrected chi connectivity index (χ4v) is 0.989. The molecule has 0 amide bonds. The molecule has 1 heterocycles. The van der Waals surface area contributed by atoms with Crippen LogP contribution in [-0.4, -0.2) is 33.8 Å². The van der Waals surface area contributed by atoms with Crippen LogP contribution in [0, 0.1) is 5.82 Å². The third-order valence-corrected chi connectivity index (χ3v) is 1.78. The van der Waals surface area contributed by atoms with Gasteiger partial charge in [-0.15, -0.1) is 0 Å². The summed E-state index contributed by atoms with van der Waals surface area (Å²) in [5.41, 5.74) is -0.447. The van der Waals surface area contributed by atoms with Gasteiger partial charge >= 0.3 is 5.97 Å². The molecule has 1 atom stereocenters. The Morgan fingerprint density at radius 2 is 2.40 bits per heavy atom. The minimum Gasteiger partial charge on any atom is -0.478 e. The van der Waals surface area contributed by atoms with Gasteiger partial charge in [-0.3, -0.25) is 0 Å². The van der Waals surface area contributed by atoms with E-state index in [1.165, 1.54) is 6.20 Å². The van der Waals surface area contributed by atoms with E-state index < -0.39 is 23.4 Å². The van der Waals surface area contributed by atoms with Gasteiger partial charge in [-0.05, 0) is 13.0 Å². The predicted molar refractivity (Wildman–Crippen MR) is 51.3 cm³/mol.